The summed E-state index contributed by atoms with van der Waals surface area (Å²) < 4.78 is 10.5. The van der Waals surface area contributed by atoms with E-state index >= 15 is 0 Å². The molecule has 0 radical (unpaired) electrons. The molecule has 0 aliphatic carbocycles. The summed E-state index contributed by atoms with van der Waals surface area (Å²) in [4.78, 5) is 13.7. The van der Waals surface area contributed by atoms with Crippen LogP contribution in [0, 0.1) is 0 Å². The van der Waals surface area contributed by atoms with Crippen molar-refractivity contribution in [2.75, 3.05) is 20.2 Å². The molecule has 0 saturated carbocycles. The van der Waals surface area contributed by atoms with Crippen molar-refractivity contribution in [1.82, 2.24) is 4.90 Å². The minimum atomic E-state index is -0.992. The maximum Gasteiger partial charge on any atom is 0.410 e. The Hall–Kier alpha value is -1.46. The molecule has 1 N–H and O–H groups in total. The summed E-state index contributed by atoms with van der Waals surface area (Å²) in [5, 5.41) is 11.4. The highest BCUT2D eigenvalue weighted by Gasteiger charge is 2.37. The number of likely N-dealkylation sites (tertiary alicyclic amines) is 1. The third kappa shape index (κ3) is 4.30. The number of aliphatic hydroxyl groups is 1. The number of nitrogens with zero attached hydrogens (tertiary/aromatic N) is 1. The Balaban J connectivity index is 2.05. The number of halogens is 1. The SMILES string of the molecule is COc1ccc(C2(O)CCN(C(=O)OC(C)(C)C)CC2)cc1Cl. The Bertz CT molecular complexity index is 574. The summed E-state index contributed by atoms with van der Waals surface area (Å²) in [7, 11) is 1.55. The molecule has 5 nitrogen and oxygen atoms in total. The van der Waals surface area contributed by atoms with Gasteiger partial charge in [-0.1, -0.05) is 17.7 Å². The van der Waals surface area contributed by atoms with Crippen LogP contribution in [0.15, 0.2) is 18.2 Å². The molecule has 0 unspecified atom stereocenters. The van der Waals surface area contributed by atoms with Gasteiger partial charge in [0, 0.05) is 13.1 Å². The van der Waals surface area contributed by atoms with Crippen LogP contribution in [-0.4, -0.2) is 41.9 Å². The molecule has 1 aromatic rings. The van der Waals surface area contributed by atoms with Gasteiger partial charge >= 0.3 is 6.09 Å². The third-order valence-corrected chi connectivity index (χ3v) is 4.23. The lowest BCUT2D eigenvalue weighted by Crippen LogP contribution is -2.46. The lowest BCUT2D eigenvalue weighted by molar-refractivity contribution is -0.0356. The van der Waals surface area contributed by atoms with Crippen molar-refractivity contribution in [2.24, 2.45) is 0 Å². The number of carbonyl (C=O) groups excluding carboxylic acids is 1. The molecule has 0 aromatic heterocycles. The summed E-state index contributed by atoms with van der Waals surface area (Å²) in [5.41, 5.74) is -0.768. The van der Waals surface area contributed by atoms with E-state index in [1.54, 1.807) is 24.1 Å². The minimum Gasteiger partial charge on any atom is -0.495 e. The Morgan fingerprint density at radius 1 is 1.30 bits per heavy atom. The second-order valence-corrected chi connectivity index (χ2v) is 7.26. The van der Waals surface area contributed by atoms with Crippen LogP contribution < -0.4 is 4.74 Å². The van der Waals surface area contributed by atoms with Crippen molar-refractivity contribution < 1.29 is 19.4 Å². The van der Waals surface area contributed by atoms with Gasteiger partial charge in [0.25, 0.3) is 0 Å². The fourth-order valence-corrected chi connectivity index (χ4v) is 2.89. The third-order valence-electron chi connectivity index (χ3n) is 3.93. The number of benzene rings is 1. The van der Waals surface area contributed by atoms with Gasteiger partial charge in [-0.15, -0.1) is 0 Å². The Labute approximate surface area is 142 Å². The van der Waals surface area contributed by atoms with Gasteiger partial charge in [-0.3, -0.25) is 0 Å². The largest absolute Gasteiger partial charge is 0.495 e. The second-order valence-electron chi connectivity index (χ2n) is 6.85. The number of carbonyl (C=O) groups is 1. The lowest BCUT2D eigenvalue weighted by Gasteiger charge is -2.39. The zero-order valence-corrected chi connectivity index (χ0v) is 14.8. The summed E-state index contributed by atoms with van der Waals surface area (Å²) in [6.45, 7) is 6.39. The number of amides is 1. The Morgan fingerprint density at radius 3 is 2.39 bits per heavy atom. The van der Waals surface area contributed by atoms with Crippen LogP contribution >= 0.6 is 11.6 Å². The number of hydrogen-bond donors (Lipinski definition) is 1. The van der Waals surface area contributed by atoms with E-state index in [2.05, 4.69) is 0 Å². The van der Waals surface area contributed by atoms with Crippen molar-refractivity contribution in [3.05, 3.63) is 28.8 Å². The molecule has 1 saturated heterocycles. The molecular formula is C17H24ClNO4. The van der Waals surface area contributed by atoms with Crippen molar-refractivity contribution in [2.45, 2.75) is 44.8 Å². The average Bonchev–Trinajstić information content (AvgIpc) is 2.46. The zero-order chi connectivity index (χ0) is 17.3. The van der Waals surface area contributed by atoms with Gasteiger partial charge in [0.05, 0.1) is 17.7 Å². The van der Waals surface area contributed by atoms with Crippen LogP contribution in [0.1, 0.15) is 39.2 Å². The molecule has 1 aromatic carbocycles. The van der Waals surface area contributed by atoms with E-state index in [1.807, 2.05) is 26.8 Å². The van der Waals surface area contributed by atoms with Crippen LogP contribution in [0.4, 0.5) is 4.79 Å². The van der Waals surface area contributed by atoms with Crippen LogP contribution in [0.5, 0.6) is 5.75 Å². The van der Waals surface area contributed by atoms with E-state index in [4.69, 9.17) is 21.1 Å². The predicted octanol–water partition coefficient (Wildman–Crippen LogP) is 3.57. The highest BCUT2D eigenvalue weighted by atomic mass is 35.5. The van der Waals surface area contributed by atoms with Crippen LogP contribution in [0.3, 0.4) is 0 Å². The first-order valence-corrected chi connectivity index (χ1v) is 8.07. The van der Waals surface area contributed by atoms with Crippen molar-refractivity contribution in [3.8, 4) is 5.75 Å². The fraction of sp³-hybridized carbons (Fsp3) is 0.588. The van der Waals surface area contributed by atoms with Crippen LogP contribution in [0.25, 0.3) is 0 Å². The molecule has 2 rings (SSSR count). The van der Waals surface area contributed by atoms with E-state index in [-0.39, 0.29) is 6.09 Å². The number of piperidine rings is 1. The molecule has 128 valence electrons. The van der Waals surface area contributed by atoms with Gasteiger partial charge in [-0.05, 0) is 51.3 Å². The molecule has 1 aliphatic heterocycles. The Kier molecular flexibility index (Phi) is 5.11. The van der Waals surface area contributed by atoms with Gasteiger partial charge in [0.1, 0.15) is 11.4 Å². The quantitative estimate of drug-likeness (QED) is 0.893. The van der Waals surface area contributed by atoms with Crippen LogP contribution in [-0.2, 0) is 10.3 Å². The molecule has 1 fully saturated rings. The number of ether oxygens (including phenoxy) is 2. The molecule has 0 bridgehead atoms. The fourth-order valence-electron chi connectivity index (χ4n) is 2.63. The van der Waals surface area contributed by atoms with Crippen molar-refractivity contribution >= 4 is 17.7 Å². The van der Waals surface area contributed by atoms with Gasteiger partial charge in [0.15, 0.2) is 0 Å². The molecule has 0 spiro atoms. The minimum absolute atomic E-state index is 0.340. The summed E-state index contributed by atoms with van der Waals surface area (Å²) in [6, 6.07) is 5.28. The van der Waals surface area contributed by atoms with Gasteiger partial charge < -0.3 is 19.5 Å². The monoisotopic (exact) mass is 341 g/mol. The van der Waals surface area contributed by atoms with Crippen molar-refractivity contribution in [1.29, 1.82) is 0 Å². The topological polar surface area (TPSA) is 59.0 Å². The van der Waals surface area contributed by atoms with E-state index < -0.39 is 11.2 Å². The first-order valence-electron chi connectivity index (χ1n) is 7.69. The second kappa shape index (κ2) is 6.57. The lowest BCUT2D eigenvalue weighted by atomic mass is 9.84. The number of methoxy groups -OCH3 is 1. The maximum absolute atomic E-state index is 12.1. The predicted molar refractivity (Wildman–Crippen MR) is 88.9 cm³/mol. The first-order chi connectivity index (χ1) is 10.6. The first kappa shape index (κ1) is 17.9. The smallest absolute Gasteiger partial charge is 0.410 e. The van der Waals surface area contributed by atoms with Crippen LogP contribution in [0.2, 0.25) is 5.02 Å². The summed E-state index contributed by atoms with van der Waals surface area (Å²) in [5.74, 6) is 0.574. The Morgan fingerprint density at radius 2 is 1.91 bits per heavy atom. The van der Waals surface area contributed by atoms with Crippen molar-refractivity contribution in [3.63, 3.8) is 0 Å². The highest BCUT2D eigenvalue weighted by molar-refractivity contribution is 6.32. The molecule has 1 aliphatic rings. The van der Waals surface area contributed by atoms with Gasteiger partial charge in [-0.2, -0.15) is 0 Å². The number of rotatable bonds is 2. The van der Waals surface area contributed by atoms with E-state index in [1.165, 1.54) is 0 Å². The highest BCUT2D eigenvalue weighted by Crippen LogP contribution is 2.36. The van der Waals surface area contributed by atoms with E-state index in [0.717, 1.165) is 5.56 Å². The summed E-state index contributed by atoms with van der Waals surface area (Å²) >= 11 is 6.14. The molecule has 6 heteroatoms. The normalized spacial score (nSPS) is 17.7. The summed E-state index contributed by atoms with van der Waals surface area (Å²) in [6.07, 6.45) is 0.538. The zero-order valence-electron chi connectivity index (χ0n) is 14.1. The average molecular weight is 342 g/mol. The maximum atomic E-state index is 12.1. The van der Waals surface area contributed by atoms with Gasteiger partial charge in [0.2, 0.25) is 0 Å². The molecule has 1 amide bonds. The number of hydrogen-bond acceptors (Lipinski definition) is 4. The van der Waals surface area contributed by atoms with E-state index in [9.17, 15) is 9.90 Å². The molecule has 1 heterocycles. The standard InChI is InChI=1S/C17H24ClNO4/c1-16(2,3)23-15(20)19-9-7-17(21,8-10-19)12-5-6-14(22-4)13(18)11-12/h5-6,11,21H,7-10H2,1-4H3. The molecule has 23 heavy (non-hydrogen) atoms. The molecule has 0 atom stereocenters. The van der Waals surface area contributed by atoms with Gasteiger partial charge in [-0.25, -0.2) is 4.79 Å². The van der Waals surface area contributed by atoms with E-state index in [0.29, 0.717) is 36.7 Å². The molecular weight excluding hydrogens is 318 g/mol.